The van der Waals surface area contributed by atoms with Crippen LogP contribution in [0.1, 0.15) is 10.4 Å². The van der Waals surface area contributed by atoms with Crippen LogP contribution in [0.25, 0.3) is 10.9 Å². The molecule has 0 saturated heterocycles. The summed E-state index contributed by atoms with van der Waals surface area (Å²) < 4.78 is 20.7. The predicted molar refractivity (Wildman–Crippen MR) is 79.8 cm³/mol. The van der Waals surface area contributed by atoms with Gasteiger partial charge in [0, 0.05) is 18.8 Å². The minimum atomic E-state index is -0.432. The highest BCUT2D eigenvalue weighted by molar-refractivity contribution is 6.32. The van der Waals surface area contributed by atoms with Crippen molar-refractivity contribution in [1.82, 2.24) is 4.57 Å². The maximum absolute atomic E-state index is 13.1. The third kappa shape index (κ3) is 2.38. The summed E-state index contributed by atoms with van der Waals surface area (Å²) in [6, 6.07) is 9.37. The standard InChI is InChI=1S/C16H11ClFNO2/c1-19-8-10(9-20)16-13(19)3-2-4-15(16)21-14-6-5-11(18)7-12(14)17/h2-9H,1H3. The zero-order valence-corrected chi connectivity index (χ0v) is 11.9. The molecule has 0 fully saturated rings. The first-order valence-corrected chi connectivity index (χ1v) is 6.64. The van der Waals surface area contributed by atoms with Gasteiger partial charge in [-0.1, -0.05) is 17.7 Å². The van der Waals surface area contributed by atoms with Crippen LogP contribution < -0.4 is 4.74 Å². The van der Waals surface area contributed by atoms with Crippen LogP contribution in [0.15, 0.2) is 42.6 Å². The number of fused-ring (bicyclic) bond motifs is 1. The van der Waals surface area contributed by atoms with Crippen molar-refractivity contribution in [3.63, 3.8) is 0 Å². The fourth-order valence-electron chi connectivity index (χ4n) is 2.30. The van der Waals surface area contributed by atoms with Gasteiger partial charge in [-0.25, -0.2) is 4.39 Å². The molecule has 3 aromatic rings. The van der Waals surface area contributed by atoms with Gasteiger partial charge in [-0.05, 0) is 30.3 Å². The second kappa shape index (κ2) is 5.22. The van der Waals surface area contributed by atoms with Crippen molar-refractivity contribution in [1.29, 1.82) is 0 Å². The third-order valence-corrected chi connectivity index (χ3v) is 3.54. The van der Waals surface area contributed by atoms with Gasteiger partial charge in [0.25, 0.3) is 0 Å². The summed E-state index contributed by atoms with van der Waals surface area (Å²) in [5, 5.41) is 0.881. The Hall–Kier alpha value is -2.33. The van der Waals surface area contributed by atoms with E-state index < -0.39 is 5.82 Å². The van der Waals surface area contributed by atoms with Crippen LogP contribution in [-0.2, 0) is 7.05 Å². The summed E-state index contributed by atoms with van der Waals surface area (Å²) in [7, 11) is 1.85. The van der Waals surface area contributed by atoms with E-state index >= 15 is 0 Å². The van der Waals surface area contributed by atoms with Gasteiger partial charge in [0.15, 0.2) is 6.29 Å². The summed E-state index contributed by atoms with van der Waals surface area (Å²) in [6.07, 6.45) is 2.51. The van der Waals surface area contributed by atoms with E-state index in [1.807, 2.05) is 23.7 Å². The number of carbonyl (C=O) groups is 1. The summed E-state index contributed by atoms with van der Waals surface area (Å²) in [4.78, 5) is 11.2. The van der Waals surface area contributed by atoms with Crippen molar-refractivity contribution in [2.45, 2.75) is 0 Å². The lowest BCUT2D eigenvalue weighted by molar-refractivity contribution is 0.112. The second-order valence-electron chi connectivity index (χ2n) is 4.64. The molecule has 0 aliphatic carbocycles. The Labute approximate surface area is 125 Å². The molecular weight excluding hydrogens is 293 g/mol. The van der Waals surface area contributed by atoms with Gasteiger partial charge < -0.3 is 9.30 Å². The van der Waals surface area contributed by atoms with Crippen molar-refractivity contribution < 1.29 is 13.9 Å². The average molecular weight is 304 g/mol. The second-order valence-corrected chi connectivity index (χ2v) is 5.05. The first kappa shape index (κ1) is 13.6. The quantitative estimate of drug-likeness (QED) is 0.663. The number of ether oxygens (including phenoxy) is 1. The largest absolute Gasteiger partial charge is 0.455 e. The SMILES string of the molecule is Cn1cc(C=O)c2c(Oc3ccc(F)cc3Cl)cccc21. The first-order valence-electron chi connectivity index (χ1n) is 6.26. The van der Waals surface area contributed by atoms with Crippen LogP contribution >= 0.6 is 11.6 Å². The van der Waals surface area contributed by atoms with Crippen LogP contribution in [0, 0.1) is 5.82 Å². The topological polar surface area (TPSA) is 31.2 Å². The number of aryl methyl sites for hydroxylation is 1. The van der Waals surface area contributed by atoms with E-state index in [0.717, 1.165) is 11.8 Å². The average Bonchev–Trinajstić information content (AvgIpc) is 2.80. The molecule has 1 aromatic heterocycles. The van der Waals surface area contributed by atoms with E-state index in [1.165, 1.54) is 18.2 Å². The van der Waals surface area contributed by atoms with E-state index in [1.54, 1.807) is 12.3 Å². The van der Waals surface area contributed by atoms with Crippen molar-refractivity contribution in [3.8, 4) is 11.5 Å². The molecule has 0 bridgehead atoms. The molecule has 3 nitrogen and oxygen atoms in total. The first-order chi connectivity index (χ1) is 10.1. The molecule has 0 unspecified atom stereocenters. The van der Waals surface area contributed by atoms with Crippen molar-refractivity contribution in [2.24, 2.45) is 7.05 Å². The highest BCUT2D eigenvalue weighted by atomic mass is 35.5. The lowest BCUT2D eigenvalue weighted by Gasteiger charge is -2.09. The van der Waals surface area contributed by atoms with Crippen LogP contribution in [0.2, 0.25) is 5.02 Å². The summed E-state index contributed by atoms with van der Waals surface area (Å²) in [5.41, 5.74) is 1.40. The number of hydrogen-bond acceptors (Lipinski definition) is 2. The van der Waals surface area contributed by atoms with E-state index in [4.69, 9.17) is 16.3 Å². The fourth-order valence-corrected chi connectivity index (χ4v) is 2.50. The molecule has 0 aliphatic rings. The van der Waals surface area contributed by atoms with E-state index in [2.05, 4.69) is 0 Å². The minimum absolute atomic E-state index is 0.176. The molecule has 5 heteroatoms. The minimum Gasteiger partial charge on any atom is -0.455 e. The molecule has 21 heavy (non-hydrogen) atoms. The summed E-state index contributed by atoms with van der Waals surface area (Å²) >= 11 is 5.97. The zero-order chi connectivity index (χ0) is 15.0. The van der Waals surface area contributed by atoms with Crippen LogP contribution in [0.4, 0.5) is 4.39 Å². The highest BCUT2D eigenvalue weighted by Gasteiger charge is 2.13. The highest BCUT2D eigenvalue weighted by Crippen LogP contribution is 2.35. The van der Waals surface area contributed by atoms with Crippen LogP contribution in [0.3, 0.4) is 0 Å². The van der Waals surface area contributed by atoms with Crippen molar-refractivity contribution in [2.75, 3.05) is 0 Å². The van der Waals surface area contributed by atoms with Gasteiger partial charge in [0.2, 0.25) is 0 Å². The molecule has 0 aliphatic heterocycles. The third-order valence-electron chi connectivity index (χ3n) is 3.25. The molecule has 2 aromatic carbocycles. The monoisotopic (exact) mass is 303 g/mol. The van der Waals surface area contributed by atoms with E-state index in [9.17, 15) is 9.18 Å². The Morgan fingerprint density at radius 3 is 2.76 bits per heavy atom. The van der Waals surface area contributed by atoms with Crippen LogP contribution in [0.5, 0.6) is 11.5 Å². The van der Waals surface area contributed by atoms with Gasteiger partial charge in [-0.2, -0.15) is 0 Å². The van der Waals surface area contributed by atoms with E-state index in [0.29, 0.717) is 22.4 Å². The van der Waals surface area contributed by atoms with E-state index in [-0.39, 0.29) is 5.02 Å². The van der Waals surface area contributed by atoms with Crippen molar-refractivity contribution >= 4 is 28.8 Å². The molecule has 0 N–H and O–H groups in total. The van der Waals surface area contributed by atoms with Gasteiger partial charge in [0.1, 0.15) is 17.3 Å². The molecule has 106 valence electrons. The molecule has 0 saturated carbocycles. The molecular formula is C16H11ClFNO2. The van der Waals surface area contributed by atoms with Gasteiger partial charge >= 0.3 is 0 Å². The molecule has 0 atom stereocenters. The number of hydrogen-bond donors (Lipinski definition) is 0. The Morgan fingerprint density at radius 1 is 1.24 bits per heavy atom. The summed E-state index contributed by atoms with van der Waals surface area (Å²) in [5.74, 6) is 0.411. The normalized spacial score (nSPS) is 10.8. The van der Waals surface area contributed by atoms with Crippen LogP contribution in [-0.4, -0.2) is 10.9 Å². The smallest absolute Gasteiger partial charge is 0.152 e. The van der Waals surface area contributed by atoms with Gasteiger partial charge in [0.05, 0.1) is 15.9 Å². The summed E-state index contributed by atoms with van der Waals surface area (Å²) in [6.45, 7) is 0. The Morgan fingerprint density at radius 2 is 2.05 bits per heavy atom. The molecule has 3 rings (SSSR count). The Bertz CT molecular complexity index is 842. The van der Waals surface area contributed by atoms with Gasteiger partial charge in [-0.3, -0.25) is 4.79 Å². The predicted octanol–water partition coefficient (Wildman–Crippen LogP) is 4.58. The molecule has 0 amide bonds. The number of carbonyl (C=O) groups excluding carboxylic acids is 1. The molecule has 0 spiro atoms. The number of nitrogens with zero attached hydrogens (tertiary/aromatic N) is 1. The molecule has 1 heterocycles. The lowest BCUT2D eigenvalue weighted by atomic mass is 10.1. The maximum Gasteiger partial charge on any atom is 0.152 e. The zero-order valence-electron chi connectivity index (χ0n) is 11.1. The fraction of sp³-hybridized carbons (Fsp3) is 0.0625. The lowest BCUT2D eigenvalue weighted by Crippen LogP contribution is -1.89. The number of rotatable bonds is 3. The number of halogens is 2. The number of benzene rings is 2. The van der Waals surface area contributed by atoms with Gasteiger partial charge in [-0.15, -0.1) is 0 Å². The Kier molecular flexibility index (Phi) is 3.39. The Balaban J connectivity index is 2.14. The molecule has 0 radical (unpaired) electrons. The number of aldehydes is 1. The maximum atomic E-state index is 13.1. The van der Waals surface area contributed by atoms with Crippen molar-refractivity contribution in [3.05, 3.63) is 59.0 Å². The number of aromatic nitrogens is 1.